The SMILES string of the molecule is CO[C@H]1O[C@H](COS(=O)(=O)c2ccc(C)cc2)[C@@H](OC)[C@H](OC)[C@@H]1OC. The van der Waals surface area contributed by atoms with Crippen molar-refractivity contribution >= 4 is 10.1 Å². The minimum absolute atomic E-state index is 0.0780. The Morgan fingerprint density at radius 1 is 0.885 bits per heavy atom. The molecule has 1 aromatic carbocycles. The molecule has 1 aromatic rings. The molecule has 5 atom stereocenters. The second-order valence-electron chi connectivity index (χ2n) is 5.93. The van der Waals surface area contributed by atoms with Gasteiger partial charge in [0.05, 0.1) is 11.5 Å². The van der Waals surface area contributed by atoms with Crippen LogP contribution in [0.5, 0.6) is 0 Å². The van der Waals surface area contributed by atoms with Gasteiger partial charge in [0.15, 0.2) is 6.29 Å². The Kier molecular flexibility index (Phi) is 7.53. The Hall–Kier alpha value is -1.07. The molecule has 0 N–H and O–H groups in total. The van der Waals surface area contributed by atoms with Crippen molar-refractivity contribution in [3.05, 3.63) is 29.8 Å². The van der Waals surface area contributed by atoms with Crippen molar-refractivity contribution in [2.24, 2.45) is 0 Å². The summed E-state index contributed by atoms with van der Waals surface area (Å²) in [5.74, 6) is 0. The van der Waals surface area contributed by atoms with Crippen LogP contribution in [0.25, 0.3) is 0 Å². The maximum Gasteiger partial charge on any atom is 0.297 e. The average molecular weight is 390 g/mol. The highest BCUT2D eigenvalue weighted by atomic mass is 32.2. The number of ether oxygens (including phenoxy) is 5. The van der Waals surface area contributed by atoms with Gasteiger partial charge in [0.25, 0.3) is 10.1 Å². The fourth-order valence-electron chi connectivity index (χ4n) is 2.93. The minimum Gasteiger partial charge on any atom is -0.376 e. The molecular weight excluding hydrogens is 364 g/mol. The normalized spacial score (nSPS) is 29.7. The highest BCUT2D eigenvalue weighted by molar-refractivity contribution is 7.86. The van der Waals surface area contributed by atoms with E-state index < -0.39 is 40.8 Å². The van der Waals surface area contributed by atoms with Gasteiger partial charge in [-0.25, -0.2) is 0 Å². The zero-order chi connectivity index (χ0) is 19.3. The van der Waals surface area contributed by atoms with E-state index in [1.54, 1.807) is 12.1 Å². The zero-order valence-electron chi connectivity index (χ0n) is 15.6. The van der Waals surface area contributed by atoms with Gasteiger partial charge in [0.2, 0.25) is 0 Å². The van der Waals surface area contributed by atoms with Crippen molar-refractivity contribution in [2.75, 3.05) is 35.0 Å². The van der Waals surface area contributed by atoms with Crippen LogP contribution >= 0.6 is 0 Å². The van der Waals surface area contributed by atoms with E-state index in [0.717, 1.165) is 5.56 Å². The number of rotatable bonds is 8. The summed E-state index contributed by atoms with van der Waals surface area (Å²) in [6, 6.07) is 6.40. The third kappa shape index (κ3) is 4.61. The van der Waals surface area contributed by atoms with E-state index in [1.165, 1.54) is 40.6 Å². The Morgan fingerprint density at radius 2 is 1.46 bits per heavy atom. The van der Waals surface area contributed by atoms with Gasteiger partial charge in [-0.1, -0.05) is 17.7 Å². The van der Waals surface area contributed by atoms with Crippen molar-refractivity contribution in [1.29, 1.82) is 0 Å². The Morgan fingerprint density at radius 3 is 1.96 bits per heavy atom. The molecule has 1 saturated heterocycles. The van der Waals surface area contributed by atoms with E-state index in [1.807, 2.05) is 6.92 Å². The summed E-state index contributed by atoms with van der Waals surface area (Å²) in [6.07, 6.45) is -3.10. The zero-order valence-corrected chi connectivity index (χ0v) is 16.4. The summed E-state index contributed by atoms with van der Waals surface area (Å²) >= 11 is 0. The molecule has 1 aliphatic heterocycles. The van der Waals surface area contributed by atoms with E-state index >= 15 is 0 Å². The lowest BCUT2D eigenvalue weighted by molar-refractivity contribution is -0.305. The number of aryl methyl sites for hydroxylation is 1. The van der Waals surface area contributed by atoms with Crippen LogP contribution in [-0.4, -0.2) is 74.2 Å². The van der Waals surface area contributed by atoms with Crippen LogP contribution in [0.3, 0.4) is 0 Å². The lowest BCUT2D eigenvalue weighted by Crippen LogP contribution is -2.61. The smallest absolute Gasteiger partial charge is 0.297 e. The van der Waals surface area contributed by atoms with Crippen LogP contribution in [-0.2, 0) is 38.0 Å². The summed E-state index contributed by atoms with van der Waals surface area (Å²) in [4.78, 5) is 0.0780. The van der Waals surface area contributed by atoms with E-state index in [-0.39, 0.29) is 11.5 Å². The van der Waals surface area contributed by atoms with Gasteiger partial charge in [0, 0.05) is 28.4 Å². The Bertz CT molecular complexity index is 660. The first kappa shape index (κ1) is 21.2. The predicted molar refractivity (Wildman–Crippen MR) is 92.4 cm³/mol. The fraction of sp³-hybridized carbons (Fsp3) is 0.647. The van der Waals surface area contributed by atoms with Crippen LogP contribution in [0.15, 0.2) is 29.2 Å². The molecule has 1 aliphatic rings. The molecular formula is C17H26O8S. The standard InChI is InChI=1S/C17H26O8S/c1-11-6-8-12(9-7-11)26(18,19)24-10-13-14(20-2)15(21-3)16(22-4)17(23-5)25-13/h6-9,13-17H,10H2,1-5H3/t13-,14-,15+,16+,17+/m1/s1. The molecule has 0 saturated carbocycles. The van der Waals surface area contributed by atoms with Gasteiger partial charge < -0.3 is 23.7 Å². The molecule has 2 rings (SSSR count). The van der Waals surface area contributed by atoms with Crippen LogP contribution < -0.4 is 0 Å². The van der Waals surface area contributed by atoms with Gasteiger partial charge in [-0.2, -0.15) is 8.42 Å². The lowest BCUT2D eigenvalue weighted by Gasteiger charge is -2.43. The van der Waals surface area contributed by atoms with E-state index in [9.17, 15) is 8.42 Å². The average Bonchev–Trinajstić information content (AvgIpc) is 2.65. The van der Waals surface area contributed by atoms with Gasteiger partial charge in [-0.05, 0) is 19.1 Å². The van der Waals surface area contributed by atoms with Gasteiger partial charge >= 0.3 is 0 Å². The molecule has 0 spiro atoms. The van der Waals surface area contributed by atoms with Crippen molar-refractivity contribution in [3.63, 3.8) is 0 Å². The summed E-state index contributed by atoms with van der Waals surface area (Å²) in [6.45, 7) is 1.63. The minimum atomic E-state index is -3.92. The van der Waals surface area contributed by atoms with Crippen molar-refractivity contribution in [2.45, 2.75) is 42.5 Å². The maximum atomic E-state index is 12.4. The third-order valence-electron chi connectivity index (χ3n) is 4.34. The van der Waals surface area contributed by atoms with Crippen LogP contribution in [0.2, 0.25) is 0 Å². The maximum absolute atomic E-state index is 12.4. The topological polar surface area (TPSA) is 89.5 Å². The number of hydrogen-bond acceptors (Lipinski definition) is 8. The summed E-state index contributed by atoms with van der Waals surface area (Å²) in [5, 5.41) is 0. The molecule has 0 aliphatic carbocycles. The van der Waals surface area contributed by atoms with Gasteiger partial charge in [-0.3, -0.25) is 4.18 Å². The van der Waals surface area contributed by atoms with Crippen molar-refractivity contribution < 1.29 is 36.3 Å². The Labute approximate surface area is 154 Å². The molecule has 0 amide bonds. The number of methoxy groups -OCH3 is 4. The monoisotopic (exact) mass is 390 g/mol. The van der Waals surface area contributed by atoms with E-state index in [2.05, 4.69) is 0 Å². The lowest BCUT2D eigenvalue weighted by atomic mass is 9.98. The van der Waals surface area contributed by atoms with Crippen molar-refractivity contribution in [3.8, 4) is 0 Å². The highest BCUT2D eigenvalue weighted by Gasteiger charge is 2.47. The first-order valence-corrected chi connectivity index (χ1v) is 9.51. The summed E-state index contributed by atoms with van der Waals surface area (Å²) in [5.41, 5.74) is 0.954. The van der Waals surface area contributed by atoms with Gasteiger partial charge in [-0.15, -0.1) is 0 Å². The van der Waals surface area contributed by atoms with E-state index in [0.29, 0.717) is 0 Å². The number of hydrogen-bond donors (Lipinski definition) is 0. The molecule has 1 heterocycles. The molecule has 8 nitrogen and oxygen atoms in total. The molecule has 26 heavy (non-hydrogen) atoms. The molecule has 148 valence electrons. The van der Waals surface area contributed by atoms with Crippen LogP contribution in [0.1, 0.15) is 5.56 Å². The fourth-order valence-corrected chi connectivity index (χ4v) is 3.85. The quantitative estimate of drug-likeness (QED) is 0.610. The molecule has 0 aromatic heterocycles. The van der Waals surface area contributed by atoms with E-state index in [4.69, 9.17) is 27.9 Å². The molecule has 0 radical (unpaired) electrons. The third-order valence-corrected chi connectivity index (χ3v) is 5.63. The number of benzene rings is 1. The molecule has 9 heteroatoms. The largest absolute Gasteiger partial charge is 0.376 e. The second kappa shape index (κ2) is 9.23. The molecule has 0 unspecified atom stereocenters. The van der Waals surface area contributed by atoms with Crippen molar-refractivity contribution in [1.82, 2.24) is 0 Å². The predicted octanol–water partition coefficient (Wildman–Crippen LogP) is 1.12. The first-order valence-electron chi connectivity index (χ1n) is 8.10. The van der Waals surface area contributed by atoms with Crippen LogP contribution in [0, 0.1) is 6.92 Å². The molecule has 0 bridgehead atoms. The molecule has 1 fully saturated rings. The van der Waals surface area contributed by atoms with Crippen LogP contribution in [0.4, 0.5) is 0 Å². The summed E-state index contributed by atoms with van der Waals surface area (Å²) in [7, 11) is 2.06. The summed E-state index contributed by atoms with van der Waals surface area (Å²) < 4.78 is 57.4. The first-order chi connectivity index (χ1) is 12.4. The highest BCUT2D eigenvalue weighted by Crippen LogP contribution is 2.28. The van der Waals surface area contributed by atoms with Gasteiger partial charge in [0.1, 0.15) is 24.4 Å². The second-order valence-corrected chi connectivity index (χ2v) is 7.55. The Balaban J connectivity index is 2.14.